The Morgan fingerprint density at radius 1 is 1.11 bits per heavy atom. The van der Waals surface area contributed by atoms with E-state index in [1.165, 1.54) is 16.2 Å². The van der Waals surface area contributed by atoms with Gasteiger partial charge in [0.15, 0.2) is 0 Å². The quantitative estimate of drug-likeness (QED) is 0.610. The molecule has 2 N–H and O–H groups in total. The minimum atomic E-state index is -3.67. The van der Waals surface area contributed by atoms with Gasteiger partial charge in [-0.1, -0.05) is 36.4 Å². The number of benzene rings is 2. The lowest BCUT2D eigenvalue weighted by Crippen LogP contribution is -1.88. The highest BCUT2D eigenvalue weighted by molar-refractivity contribution is 7.85. The molecule has 0 saturated heterocycles. The normalized spacial score (nSPS) is 11.2. The van der Waals surface area contributed by atoms with Crippen LogP contribution in [0.5, 0.6) is 0 Å². The predicted molar refractivity (Wildman–Crippen MR) is 71.1 cm³/mol. The first-order valence-electron chi connectivity index (χ1n) is 5.18. The molecule has 3 rings (SSSR count). The van der Waals surface area contributed by atoms with Crippen LogP contribution in [0.3, 0.4) is 0 Å². The van der Waals surface area contributed by atoms with Gasteiger partial charge < -0.3 is 0 Å². The van der Waals surface area contributed by atoms with E-state index in [2.05, 4.69) is 34.5 Å². The summed E-state index contributed by atoms with van der Waals surface area (Å²) in [6.07, 6.45) is 2.56. The van der Waals surface area contributed by atoms with Gasteiger partial charge in [0.25, 0.3) is 10.1 Å². The van der Waals surface area contributed by atoms with Crippen LogP contribution in [0.2, 0.25) is 0 Å². The highest BCUT2D eigenvalue weighted by atomic mass is 32.2. The summed E-state index contributed by atoms with van der Waals surface area (Å²) in [6, 6.07) is 12.5. The third-order valence-corrected chi connectivity index (χ3v) is 2.34. The summed E-state index contributed by atoms with van der Waals surface area (Å²) in [5.41, 5.74) is 1.12. The summed E-state index contributed by atoms with van der Waals surface area (Å²) < 4.78 is 25.9. The highest BCUT2D eigenvalue weighted by Crippen LogP contribution is 2.22. The van der Waals surface area contributed by atoms with Gasteiger partial charge in [-0.25, -0.2) is 0 Å². The van der Waals surface area contributed by atoms with Crippen molar-refractivity contribution in [3.05, 3.63) is 42.6 Å². The maximum Gasteiger partial charge on any atom is 0.261 e. The molecular weight excluding hydrogens is 252 g/mol. The van der Waals surface area contributed by atoms with Gasteiger partial charge >= 0.3 is 0 Å². The van der Waals surface area contributed by atoms with Crippen LogP contribution >= 0.6 is 0 Å². The SMILES string of the molecule is CS(=O)(=O)O.c1ccc2c(c1)ccc1cn[nH]c12. The topological polar surface area (TPSA) is 83.1 Å². The Morgan fingerprint density at radius 2 is 1.72 bits per heavy atom. The van der Waals surface area contributed by atoms with E-state index in [9.17, 15) is 8.42 Å². The van der Waals surface area contributed by atoms with Crippen LogP contribution in [-0.2, 0) is 10.1 Å². The number of H-pyrrole nitrogens is 1. The number of rotatable bonds is 0. The van der Waals surface area contributed by atoms with Gasteiger partial charge in [0.1, 0.15) is 0 Å². The van der Waals surface area contributed by atoms with Gasteiger partial charge in [0.2, 0.25) is 0 Å². The molecule has 3 aromatic rings. The maximum atomic E-state index is 9.19. The van der Waals surface area contributed by atoms with Crippen molar-refractivity contribution in [2.75, 3.05) is 6.26 Å². The molecule has 0 aliphatic rings. The molecule has 0 spiro atoms. The third kappa shape index (κ3) is 3.06. The van der Waals surface area contributed by atoms with Crippen molar-refractivity contribution >= 4 is 31.8 Å². The number of aromatic nitrogens is 2. The van der Waals surface area contributed by atoms with Crippen molar-refractivity contribution in [1.82, 2.24) is 10.2 Å². The molecule has 0 unspecified atom stereocenters. The molecule has 0 radical (unpaired) electrons. The minimum absolute atomic E-state index is 0.715. The fourth-order valence-electron chi connectivity index (χ4n) is 1.69. The molecular formula is C12H12N2O3S. The van der Waals surface area contributed by atoms with Crippen LogP contribution in [0.1, 0.15) is 0 Å². The molecule has 18 heavy (non-hydrogen) atoms. The second-order valence-corrected chi connectivity index (χ2v) is 5.32. The van der Waals surface area contributed by atoms with Gasteiger partial charge in [-0.15, -0.1) is 0 Å². The molecule has 5 nitrogen and oxygen atoms in total. The fraction of sp³-hybridized carbons (Fsp3) is 0.0833. The Morgan fingerprint density at radius 3 is 2.44 bits per heavy atom. The van der Waals surface area contributed by atoms with Crippen molar-refractivity contribution < 1.29 is 13.0 Å². The maximum absolute atomic E-state index is 9.19. The van der Waals surface area contributed by atoms with Gasteiger partial charge in [0, 0.05) is 10.8 Å². The van der Waals surface area contributed by atoms with Crippen LogP contribution in [0.4, 0.5) is 0 Å². The van der Waals surface area contributed by atoms with Gasteiger partial charge in [0.05, 0.1) is 18.0 Å². The largest absolute Gasteiger partial charge is 0.286 e. The predicted octanol–water partition coefficient (Wildman–Crippen LogP) is 2.22. The molecule has 0 aliphatic carbocycles. The van der Waals surface area contributed by atoms with E-state index in [1.807, 2.05) is 18.3 Å². The van der Waals surface area contributed by atoms with Gasteiger partial charge in [-0.05, 0) is 5.39 Å². The first-order chi connectivity index (χ1) is 8.45. The van der Waals surface area contributed by atoms with Crippen molar-refractivity contribution in [2.24, 2.45) is 0 Å². The van der Waals surface area contributed by atoms with E-state index < -0.39 is 10.1 Å². The molecule has 1 aromatic heterocycles. The Kier molecular flexibility index (Phi) is 3.31. The molecule has 0 atom stereocenters. The monoisotopic (exact) mass is 264 g/mol. The summed E-state index contributed by atoms with van der Waals surface area (Å²) in [6.45, 7) is 0. The number of hydrogen-bond acceptors (Lipinski definition) is 3. The van der Waals surface area contributed by atoms with Crippen molar-refractivity contribution in [2.45, 2.75) is 0 Å². The van der Waals surface area contributed by atoms with Crippen molar-refractivity contribution in [3.8, 4) is 0 Å². The average molecular weight is 264 g/mol. The zero-order valence-electron chi connectivity index (χ0n) is 9.66. The van der Waals surface area contributed by atoms with Crippen LogP contribution in [0.25, 0.3) is 21.7 Å². The lowest BCUT2D eigenvalue weighted by Gasteiger charge is -1.96. The summed E-state index contributed by atoms with van der Waals surface area (Å²) in [7, 11) is -3.67. The van der Waals surface area contributed by atoms with Crippen LogP contribution in [0.15, 0.2) is 42.6 Å². The summed E-state index contributed by atoms with van der Waals surface area (Å²) >= 11 is 0. The zero-order valence-corrected chi connectivity index (χ0v) is 10.5. The Balaban J connectivity index is 0.000000209. The molecule has 0 aliphatic heterocycles. The Bertz CT molecular complexity index is 770. The number of fused-ring (bicyclic) bond motifs is 3. The van der Waals surface area contributed by atoms with E-state index in [0.29, 0.717) is 6.26 Å². The van der Waals surface area contributed by atoms with Crippen molar-refractivity contribution in [1.29, 1.82) is 0 Å². The second kappa shape index (κ2) is 4.75. The summed E-state index contributed by atoms with van der Waals surface area (Å²) in [4.78, 5) is 0. The third-order valence-electron chi connectivity index (χ3n) is 2.34. The first-order valence-corrected chi connectivity index (χ1v) is 7.03. The van der Waals surface area contributed by atoms with Crippen molar-refractivity contribution in [3.63, 3.8) is 0 Å². The lowest BCUT2D eigenvalue weighted by molar-refractivity contribution is 0.490. The molecule has 94 valence electrons. The van der Waals surface area contributed by atoms with Crippen LogP contribution < -0.4 is 0 Å². The average Bonchev–Trinajstić information content (AvgIpc) is 2.75. The summed E-state index contributed by atoms with van der Waals surface area (Å²) in [5.74, 6) is 0. The van der Waals surface area contributed by atoms with E-state index in [-0.39, 0.29) is 0 Å². The minimum Gasteiger partial charge on any atom is -0.286 e. The number of hydrogen-bond donors (Lipinski definition) is 2. The Hall–Kier alpha value is -1.92. The first kappa shape index (κ1) is 12.5. The Labute approximate surface area is 104 Å². The lowest BCUT2D eigenvalue weighted by atomic mass is 10.1. The molecule has 1 heterocycles. The van der Waals surface area contributed by atoms with E-state index >= 15 is 0 Å². The van der Waals surface area contributed by atoms with Crippen LogP contribution in [-0.4, -0.2) is 29.4 Å². The van der Waals surface area contributed by atoms with Gasteiger partial charge in [-0.2, -0.15) is 13.5 Å². The van der Waals surface area contributed by atoms with E-state index in [1.54, 1.807) is 0 Å². The smallest absolute Gasteiger partial charge is 0.261 e. The molecule has 2 aromatic carbocycles. The molecule has 0 fully saturated rings. The zero-order chi connectivity index (χ0) is 13.2. The molecule has 0 bridgehead atoms. The summed E-state index contributed by atoms with van der Waals surface area (Å²) in [5, 5.41) is 10.7. The second-order valence-electron chi connectivity index (χ2n) is 3.85. The van der Waals surface area contributed by atoms with Crippen LogP contribution in [0, 0.1) is 0 Å². The fourth-order valence-corrected chi connectivity index (χ4v) is 1.69. The number of nitrogens with zero attached hydrogens (tertiary/aromatic N) is 1. The van der Waals surface area contributed by atoms with E-state index in [4.69, 9.17) is 4.55 Å². The molecule has 0 amide bonds. The number of nitrogens with one attached hydrogen (secondary N) is 1. The molecule has 6 heteroatoms. The molecule has 0 saturated carbocycles. The number of aromatic amines is 1. The highest BCUT2D eigenvalue weighted by Gasteiger charge is 1.99. The van der Waals surface area contributed by atoms with E-state index in [0.717, 1.165) is 5.52 Å². The van der Waals surface area contributed by atoms with Gasteiger partial charge in [-0.3, -0.25) is 9.65 Å². The standard InChI is InChI=1S/C11H8N2.CH4O3S/c1-2-4-10-8(3-1)5-6-9-7-12-13-11(9)10;1-5(2,3)4/h1-7H,(H,12,13);1H3,(H,2,3,4).